The van der Waals surface area contributed by atoms with Gasteiger partial charge in [-0.2, -0.15) is 13.2 Å². The van der Waals surface area contributed by atoms with Crippen molar-refractivity contribution in [2.24, 2.45) is 0 Å². The molecule has 528 valence electrons. The number of pyridine rings is 1. The normalized spacial score (nSPS) is 12.8. The summed E-state index contributed by atoms with van der Waals surface area (Å²) >= 11 is 0. The van der Waals surface area contributed by atoms with E-state index in [9.17, 15) is 40.8 Å². The van der Waals surface area contributed by atoms with Gasteiger partial charge in [-0.1, -0.05) is 24.3 Å². The predicted octanol–water partition coefficient (Wildman–Crippen LogP) is 6.80. The molecule has 4 aromatic carbocycles. The monoisotopic (exact) mass is 1370 g/mol. The van der Waals surface area contributed by atoms with Gasteiger partial charge in [0.2, 0.25) is 15.9 Å². The Kier molecular flexibility index (Phi) is 35.7. The van der Waals surface area contributed by atoms with Gasteiger partial charge in [0.15, 0.2) is 0 Å². The van der Waals surface area contributed by atoms with Crippen molar-refractivity contribution in [3.05, 3.63) is 143 Å². The number of sulfonamides is 1. The SMILES string of the molecule is CCN(CC)c1ccc(NC(=O)c2cccc(CCCOCCOCCOCCOCCNS(=O)(=O)c3ccc(C(=O)N4CCN(CCOCCOCCOCCOCCOCCOCCOC)C(=O)C4)cc3)c2)c(-c2cc(C(=O)NCc3cccc(C(F)(F)F)c3)ccn2)c1. The van der Waals surface area contributed by atoms with E-state index in [1.54, 1.807) is 30.2 Å². The number of carbonyl (C=O) groups excluding carboxylic acids is 4. The summed E-state index contributed by atoms with van der Waals surface area (Å²) < 4.78 is 129. The molecule has 1 aromatic heterocycles. The number of alkyl halides is 3. The van der Waals surface area contributed by atoms with Gasteiger partial charge in [0.1, 0.15) is 6.54 Å². The number of rotatable bonds is 49. The molecule has 96 heavy (non-hydrogen) atoms. The van der Waals surface area contributed by atoms with Crippen LogP contribution < -0.4 is 20.3 Å². The number of piperazine rings is 1. The molecule has 0 bridgehead atoms. The van der Waals surface area contributed by atoms with Gasteiger partial charge < -0.3 is 77.4 Å². The summed E-state index contributed by atoms with van der Waals surface area (Å²) in [7, 11) is -2.26. The van der Waals surface area contributed by atoms with Crippen molar-refractivity contribution in [3.8, 4) is 11.3 Å². The van der Waals surface area contributed by atoms with E-state index in [-0.39, 0.29) is 73.2 Å². The van der Waals surface area contributed by atoms with E-state index >= 15 is 0 Å². The second-order valence-corrected chi connectivity index (χ2v) is 23.4. The third kappa shape index (κ3) is 28.6. The maximum atomic E-state index is 13.8. The molecule has 0 unspecified atom stereocenters. The fraction of sp³-hybridized carbons (Fsp3) is 0.515. The summed E-state index contributed by atoms with van der Waals surface area (Å²) in [5.41, 5.74) is 3.72. The highest BCUT2D eigenvalue weighted by atomic mass is 32.2. The first kappa shape index (κ1) is 78.0. The average molecular weight is 1370 g/mol. The molecule has 6 rings (SSSR count). The van der Waals surface area contributed by atoms with Gasteiger partial charge in [0, 0.05) is 93.7 Å². The van der Waals surface area contributed by atoms with Crippen LogP contribution in [0.2, 0.25) is 0 Å². The lowest BCUT2D eigenvalue weighted by Crippen LogP contribution is -2.52. The maximum absolute atomic E-state index is 13.8. The van der Waals surface area contributed by atoms with Crippen LogP contribution in [-0.4, -0.2) is 238 Å². The van der Waals surface area contributed by atoms with E-state index < -0.39 is 27.7 Å². The molecule has 1 aliphatic heterocycles. The molecule has 0 spiro atoms. The molecule has 0 radical (unpaired) electrons. The first-order valence-electron chi connectivity index (χ1n) is 32.2. The lowest BCUT2D eigenvalue weighted by atomic mass is 10.0. The molecule has 24 nitrogen and oxygen atoms in total. The molecule has 3 N–H and O–H groups in total. The Hall–Kier alpha value is -7.03. The molecular formula is C68H92F3N7O17S. The van der Waals surface area contributed by atoms with Gasteiger partial charge >= 0.3 is 6.18 Å². The van der Waals surface area contributed by atoms with E-state index in [0.29, 0.717) is 179 Å². The zero-order valence-electron chi connectivity index (χ0n) is 55.1. The van der Waals surface area contributed by atoms with Gasteiger partial charge in [-0.15, -0.1) is 0 Å². The number of amides is 4. The first-order chi connectivity index (χ1) is 46.6. The van der Waals surface area contributed by atoms with Gasteiger partial charge in [-0.05, 0) is 117 Å². The van der Waals surface area contributed by atoms with Crippen LogP contribution in [0.5, 0.6) is 0 Å². The molecule has 2 heterocycles. The Bertz CT molecular complexity index is 3220. The standard InChI is InChI=1S/C68H92F3N7O17S/c1-4-76(5-2)59-16-19-62(61(50-59)63-49-57(20-21-72-63)65(80)73-51-54-10-7-13-58(48-54)68(69,70)71)75-66(81)56-12-6-9-53(47-56)11-8-26-86-31-34-90-39-40-91-35-32-87-27-22-74-96(83,84)60-17-14-55(15-18-60)67(82)78-24-23-77(64(79)52-78)25-28-88-33-36-92-41-42-94-45-46-95-44-43-93-38-37-89-30-29-85-3/h6-7,9-10,12-21,47-50,74H,4-5,8,11,22-46,51-52H2,1-3H3,(H,73,80)(H,75,81). The first-order valence-corrected chi connectivity index (χ1v) is 33.7. The van der Waals surface area contributed by atoms with Crippen molar-refractivity contribution in [2.45, 2.75) is 44.3 Å². The fourth-order valence-electron chi connectivity index (χ4n) is 9.63. The van der Waals surface area contributed by atoms with Crippen LogP contribution in [0.25, 0.3) is 11.3 Å². The number of hydrogen-bond donors (Lipinski definition) is 3. The van der Waals surface area contributed by atoms with Gasteiger partial charge in [0.25, 0.3) is 17.7 Å². The highest BCUT2D eigenvalue weighted by Gasteiger charge is 2.31. The molecule has 0 saturated carbocycles. The Morgan fingerprint density at radius 2 is 1.14 bits per heavy atom. The Morgan fingerprint density at radius 3 is 1.72 bits per heavy atom. The molecule has 1 saturated heterocycles. The topological polar surface area (TPSA) is 263 Å². The van der Waals surface area contributed by atoms with E-state index in [2.05, 4.69) is 25.2 Å². The van der Waals surface area contributed by atoms with Crippen molar-refractivity contribution in [1.82, 2.24) is 24.8 Å². The summed E-state index contributed by atoms with van der Waals surface area (Å²) in [6.45, 7) is 14.7. The van der Waals surface area contributed by atoms with E-state index in [1.165, 1.54) is 53.6 Å². The third-order valence-electron chi connectivity index (χ3n) is 14.8. The number of carbonyl (C=O) groups is 4. The summed E-state index contributed by atoms with van der Waals surface area (Å²) in [6, 6.07) is 26.4. The van der Waals surface area contributed by atoms with Crippen molar-refractivity contribution < 1.29 is 92.9 Å². The summed E-state index contributed by atoms with van der Waals surface area (Å²) in [5, 5.41) is 5.73. The Labute approximate surface area is 560 Å². The largest absolute Gasteiger partial charge is 0.416 e. The molecule has 28 heteroatoms. The third-order valence-corrected chi connectivity index (χ3v) is 16.3. The average Bonchev–Trinajstić information content (AvgIpc) is 0.869. The number of aryl methyl sites for hydroxylation is 1. The number of methoxy groups -OCH3 is 1. The van der Waals surface area contributed by atoms with Crippen LogP contribution >= 0.6 is 0 Å². The highest BCUT2D eigenvalue weighted by Crippen LogP contribution is 2.33. The fourth-order valence-corrected chi connectivity index (χ4v) is 10.6. The number of nitrogens with one attached hydrogen (secondary N) is 3. The minimum Gasteiger partial charge on any atom is -0.382 e. The lowest BCUT2D eigenvalue weighted by Gasteiger charge is -2.34. The minimum absolute atomic E-state index is 0.0141. The van der Waals surface area contributed by atoms with Crippen LogP contribution in [0.4, 0.5) is 24.5 Å². The van der Waals surface area contributed by atoms with Crippen LogP contribution in [0.3, 0.4) is 0 Å². The van der Waals surface area contributed by atoms with Crippen LogP contribution in [-0.2, 0) is 86.1 Å². The summed E-state index contributed by atoms with van der Waals surface area (Å²) in [6.07, 6.45) is -1.68. The van der Waals surface area contributed by atoms with Gasteiger partial charge in [-0.3, -0.25) is 24.2 Å². The number of anilines is 2. The van der Waals surface area contributed by atoms with Crippen LogP contribution in [0, 0.1) is 0 Å². The van der Waals surface area contributed by atoms with Crippen LogP contribution in [0.1, 0.15) is 68.0 Å². The zero-order valence-corrected chi connectivity index (χ0v) is 55.9. The lowest BCUT2D eigenvalue weighted by molar-refractivity contribution is -0.137. The Morgan fingerprint density at radius 1 is 0.583 bits per heavy atom. The van der Waals surface area contributed by atoms with E-state index in [4.69, 9.17) is 52.1 Å². The second kappa shape index (κ2) is 44.0. The van der Waals surface area contributed by atoms with Crippen molar-refractivity contribution >= 4 is 45.0 Å². The number of halogens is 3. The number of hydrogen-bond acceptors (Lipinski definition) is 19. The number of benzene rings is 4. The molecule has 4 amide bonds. The molecule has 1 aliphatic rings. The minimum atomic E-state index is -4.51. The van der Waals surface area contributed by atoms with Crippen molar-refractivity contribution in [1.29, 1.82) is 0 Å². The molecule has 0 aliphatic carbocycles. The van der Waals surface area contributed by atoms with E-state index in [0.717, 1.165) is 36.5 Å². The van der Waals surface area contributed by atoms with E-state index in [1.807, 2.05) is 44.2 Å². The zero-order chi connectivity index (χ0) is 68.6. The number of ether oxygens (including phenoxy) is 11. The van der Waals surface area contributed by atoms with Gasteiger partial charge in [0.05, 0.1) is 154 Å². The summed E-state index contributed by atoms with van der Waals surface area (Å²) in [5.74, 6) is -1.43. The second-order valence-electron chi connectivity index (χ2n) is 21.6. The van der Waals surface area contributed by atoms with Gasteiger partial charge in [-0.25, -0.2) is 13.1 Å². The molecule has 1 fully saturated rings. The molecule has 5 aromatic rings. The number of nitrogens with zero attached hydrogens (tertiary/aromatic N) is 4. The highest BCUT2D eigenvalue weighted by molar-refractivity contribution is 7.89. The van der Waals surface area contributed by atoms with Crippen molar-refractivity contribution in [3.63, 3.8) is 0 Å². The molecule has 0 atom stereocenters. The quantitative estimate of drug-likeness (QED) is 0.0338. The summed E-state index contributed by atoms with van der Waals surface area (Å²) in [4.78, 5) is 63.0. The predicted molar refractivity (Wildman–Crippen MR) is 353 cm³/mol. The number of aromatic nitrogens is 1. The van der Waals surface area contributed by atoms with Crippen LogP contribution in [0.15, 0.2) is 114 Å². The maximum Gasteiger partial charge on any atom is 0.416 e. The Balaban J connectivity index is 0.762. The smallest absolute Gasteiger partial charge is 0.382 e. The molecular weight excluding hydrogens is 1280 g/mol. The van der Waals surface area contributed by atoms with Crippen molar-refractivity contribution in [2.75, 3.05) is 202 Å².